The van der Waals surface area contributed by atoms with E-state index in [4.69, 9.17) is 11.6 Å². The molecule has 1 aliphatic carbocycles. The monoisotopic (exact) mass is 517 g/mol. The molecule has 1 saturated carbocycles. The first-order valence-corrected chi connectivity index (χ1v) is 12.9. The van der Waals surface area contributed by atoms with E-state index >= 15 is 0 Å². The first-order chi connectivity index (χ1) is 16.8. The largest absolute Gasteiger partial charge is 0.394 e. The molecule has 184 valence electrons. The molecule has 4 aromatic rings. The number of rotatable bonds is 9. The predicted molar refractivity (Wildman–Crippen MR) is 131 cm³/mol. The van der Waals surface area contributed by atoms with Crippen molar-refractivity contribution in [3.05, 3.63) is 48.3 Å². The third kappa shape index (κ3) is 4.54. The number of fused-ring (bicyclic) bond motifs is 1. The molecule has 1 aromatic carbocycles. The molecule has 12 nitrogen and oxygen atoms in total. The van der Waals surface area contributed by atoms with E-state index < -0.39 is 21.3 Å². The molecule has 3 N–H and O–H groups in total. The number of aliphatic hydroxyl groups is 1. The SMILES string of the molecule is CC(C)n1cnc2c(Nc3cccc(Cl)c3)nc(N[C@@H](CO)C3CC3S(=O)(=O)n3cncn3)nc21. The van der Waals surface area contributed by atoms with Gasteiger partial charge < -0.3 is 20.3 Å². The second kappa shape index (κ2) is 9.06. The molecule has 35 heavy (non-hydrogen) atoms. The van der Waals surface area contributed by atoms with Gasteiger partial charge in [0.1, 0.15) is 12.7 Å². The molecule has 3 aromatic heterocycles. The van der Waals surface area contributed by atoms with Crippen LogP contribution >= 0.6 is 11.6 Å². The number of nitrogens with one attached hydrogen (secondary N) is 2. The zero-order valence-electron chi connectivity index (χ0n) is 18.9. The minimum Gasteiger partial charge on any atom is -0.394 e. The van der Waals surface area contributed by atoms with E-state index in [1.165, 1.54) is 6.33 Å². The van der Waals surface area contributed by atoms with Crippen LogP contribution in [-0.2, 0) is 10.0 Å². The molecule has 2 unspecified atom stereocenters. The van der Waals surface area contributed by atoms with Crippen molar-refractivity contribution < 1.29 is 13.5 Å². The van der Waals surface area contributed by atoms with Crippen molar-refractivity contribution >= 4 is 50.2 Å². The average Bonchev–Trinajstić information content (AvgIpc) is 3.22. The minimum atomic E-state index is -3.70. The molecule has 3 atom stereocenters. The summed E-state index contributed by atoms with van der Waals surface area (Å²) in [5.74, 6) is 0.360. The van der Waals surface area contributed by atoms with Crippen LogP contribution in [-0.4, -0.2) is 65.1 Å². The number of hydrogen-bond acceptors (Lipinski definition) is 10. The van der Waals surface area contributed by atoms with E-state index in [1.54, 1.807) is 18.5 Å². The van der Waals surface area contributed by atoms with Gasteiger partial charge in [0.05, 0.1) is 24.2 Å². The van der Waals surface area contributed by atoms with E-state index in [-0.39, 0.29) is 24.5 Å². The van der Waals surface area contributed by atoms with Crippen molar-refractivity contribution in [2.75, 3.05) is 17.2 Å². The predicted octanol–water partition coefficient (Wildman–Crippen LogP) is 2.44. The Kier molecular flexibility index (Phi) is 6.07. The summed E-state index contributed by atoms with van der Waals surface area (Å²) >= 11 is 6.13. The van der Waals surface area contributed by atoms with Crippen LogP contribution in [0.25, 0.3) is 11.2 Å². The Morgan fingerprint density at radius 2 is 2.09 bits per heavy atom. The van der Waals surface area contributed by atoms with Crippen LogP contribution in [0.3, 0.4) is 0 Å². The van der Waals surface area contributed by atoms with Crippen LogP contribution in [0.15, 0.2) is 43.2 Å². The van der Waals surface area contributed by atoms with Gasteiger partial charge in [0, 0.05) is 22.7 Å². The van der Waals surface area contributed by atoms with E-state index in [0.29, 0.717) is 28.4 Å². The number of benzene rings is 1. The van der Waals surface area contributed by atoms with Crippen molar-refractivity contribution in [1.29, 1.82) is 0 Å². The maximum absolute atomic E-state index is 12.8. The number of imidazole rings is 1. The van der Waals surface area contributed by atoms with E-state index in [2.05, 4.69) is 35.7 Å². The topological polar surface area (TPSA) is 153 Å². The third-order valence-electron chi connectivity index (χ3n) is 5.91. The van der Waals surface area contributed by atoms with Gasteiger partial charge in [-0.2, -0.15) is 9.97 Å². The lowest BCUT2D eigenvalue weighted by Gasteiger charge is -2.18. The van der Waals surface area contributed by atoms with Gasteiger partial charge in [0.2, 0.25) is 5.95 Å². The van der Waals surface area contributed by atoms with Gasteiger partial charge in [-0.15, -0.1) is 9.19 Å². The smallest absolute Gasteiger partial charge is 0.258 e. The van der Waals surface area contributed by atoms with Crippen LogP contribution in [0.5, 0.6) is 0 Å². The fourth-order valence-corrected chi connectivity index (χ4v) is 5.95. The number of hydrogen-bond donors (Lipinski definition) is 3. The Hall–Kier alpha value is -3.29. The Morgan fingerprint density at radius 3 is 2.77 bits per heavy atom. The summed E-state index contributed by atoms with van der Waals surface area (Å²) < 4.78 is 28.3. The Morgan fingerprint density at radius 1 is 1.26 bits per heavy atom. The highest BCUT2D eigenvalue weighted by Crippen LogP contribution is 2.41. The molecule has 14 heteroatoms. The fraction of sp³-hybridized carbons (Fsp3) is 0.381. The first kappa shape index (κ1) is 23.5. The summed E-state index contributed by atoms with van der Waals surface area (Å²) in [6, 6.07) is 6.73. The highest BCUT2D eigenvalue weighted by Gasteiger charge is 2.52. The van der Waals surface area contributed by atoms with Crippen molar-refractivity contribution in [3.63, 3.8) is 0 Å². The minimum absolute atomic E-state index is 0.0936. The maximum atomic E-state index is 12.8. The van der Waals surface area contributed by atoms with Crippen LogP contribution in [0, 0.1) is 5.92 Å². The zero-order valence-corrected chi connectivity index (χ0v) is 20.5. The zero-order chi connectivity index (χ0) is 24.7. The Balaban J connectivity index is 1.46. The van der Waals surface area contributed by atoms with Gasteiger partial charge in [-0.3, -0.25) is 0 Å². The lowest BCUT2D eigenvalue weighted by molar-refractivity contribution is 0.263. The van der Waals surface area contributed by atoms with Gasteiger partial charge in [-0.1, -0.05) is 17.7 Å². The number of halogens is 1. The van der Waals surface area contributed by atoms with Crippen LogP contribution < -0.4 is 10.6 Å². The van der Waals surface area contributed by atoms with Gasteiger partial charge in [0.25, 0.3) is 10.0 Å². The molecule has 0 bridgehead atoms. The van der Waals surface area contributed by atoms with Crippen molar-refractivity contribution in [3.8, 4) is 0 Å². The quantitative estimate of drug-likeness (QED) is 0.301. The molecule has 0 saturated heterocycles. The molecule has 1 fully saturated rings. The number of aromatic nitrogens is 7. The second-order valence-corrected chi connectivity index (χ2v) is 11.1. The summed E-state index contributed by atoms with van der Waals surface area (Å²) in [5, 5.41) is 20.1. The molecular formula is C21H24ClN9O3S. The van der Waals surface area contributed by atoms with Crippen molar-refractivity contribution in [1.82, 2.24) is 33.7 Å². The molecule has 5 rings (SSSR count). The molecule has 0 radical (unpaired) electrons. The van der Waals surface area contributed by atoms with Crippen LogP contribution in [0.4, 0.5) is 17.5 Å². The summed E-state index contributed by atoms with van der Waals surface area (Å²) in [4.78, 5) is 17.4. The highest BCUT2D eigenvalue weighted by atomic mass is 35.5. The summed E-state index contributed by atoms with van der Waals surface area (Å²) in [6.07, 6.45) is 4.40. The van der Waals surface area contributed by atoms with Gasteiger partial charge in [-0.25, -0.2) is 18.4 Å². The summed E-state index contributed by atoms with van der Waals surface area (Å²) in [6.45, 7) is 3.73. The van der Waals surface area contributed by atoms with Gasteiger partial charge in [-0.05, 0) is 38.5 Å². The lowest BCUT2D eigenvalue weighted by Crippen LogP contribution is -2.31. The van der Waals surface area contributed by atoms with Crippen LogP contribution in [0.2, 0.25) is 5.02 Å². The number of nitrogens with zero attached hydrogens (tertiary/aromatic N) is 7. The maximum Gasteiger partial charge on any atom is 0.258 e. The van der Waals surface area contributed by atoms with Gasteiger partial charge >= 0.3 is 0 Å². The van der Waals surface area contributed by atoms with Gasteiger partial charge in [0.15, 0.2) is 17.0 Å². The molecule has 1 aliphatic rings. The Labute approximate surface area is 206 Å². The Bertz CT molecular complexity index is 1460. The number of anilines is 3. The van der Waals surface area contributed by atoms with E-state index in [9.17, 15) is 13.5 Å². The molecular weight excluding hydrogens is 494 g/mol. The van der Waals surface area contributed by atoms with Crippen molar-refractivity contribution in [2.45, 2.75) is 37.6 Å². The normalized spacial score (nSPS) is 18.7. The molecule has 0 amide bonds. The lowest BCUT2D eigenvalue weighted by atomic mass is 10.2. The second-order valence-electron chi connectivity index (χ2n) is 8.63. The van der Waals surface area contributed by atoms with Crippen molar-refractivity contribution in [2.24, 2.45) is 5.92 Å². The molecule has 0 spiro atoms. The summed E-state index contributed by atoms with van der Waals surface area (Å²) in [5.41, 5.74) is 1.89. The first-order valence-electron chi connectivity index (χ1n) is 11.0. The van der Waals surface area contributed by atoms with E-state index in [0.717, 1.165) is 16.1 Å². The fourth-order valence-electron chi connectivity index (χ4n) is 4.03. The highest BCUT2D eigenvalue weighted by molar-refractivity contribution is 7.90. The molecule has 0 aliphatic heterocycles. The molecule has 3 heterocycles. The average molecular weight is 518 g/mol. The summed E-state index contributed by atoms with van der Waals surface area (Å²) in [7, 11) is -3.70. The van der Waals surface area contributed by atoms with Crippen LogP contribution in [0.1, 0.15) is 26.3 Å². The standard InChI is InChI=1S/C21H24ClN9O3S/c1-12(2)30-11-24-18-19(26-14-5-3-4-13(22)6-14)28-21(29-20(18)30)27-16(8-32)15-7-17(15)35(33,34)31-10-23-9-25-31/h3-6,9-12,15-17,32H,7-8H2,1-2H3,(H2,26,27,28,29)/t15?,16-,17?/m0/s1. The third-order valence-corrected chi connectivity index (χ3v) is 8.17. The number of aliphatic hydroxyl groups excluding tert-OH is 1. The van der Waals surface area contributed by atoms with E-state index in [1.807, 2.05) is 30.5 Å².